The van der Waals surface area contributed by atoms with E-state index in [1.807, 2.05) is 38.2 Å². The van der Waals surface area contributed by atoms with Crippen molar-refractivity contribution in [3.63, 3.8) is 0 Å². The minimum absolute atomic E-state index is 0.177. The number of allylic oxidation sites excluding steroid dienone is 2. The van der Waals surface area contributed by atoms with Crippen LogP contribution in [0.3, 0.4) is 0 Å². The molecule has 6 nitrogen and oxygen atoms in total. The number of fused-ring (bicyclic) bond motifs is 2. The fourth-order valence-corrected chi connectivity index (χ4v) is 4.40. The van der Waals surface area contributed by atoms with E-state index < -0.39 is 10.9 Å². The molecule has 0 aromatic heterocycles. The Kier molecular flexibility index (Phi) is 6.27. The van der Waals surface area contributed by atoms with Crippen LogP contribution in [0.2, 0.25) is 0 Å². The maximum absolute atomic E-state index is 12.0. The van der Waals surface area contributed by atoms with Crippen molar-refractivity contribution in [3.05, 3.63) is 91.3 Å². The second kappa shape index (κ2) is 9.14. The Morgan fingerprint density at radius 1 is 0.848 bits per heavy atom. The lowest BCUT2D eigenvalue weighted by atomic mass is 9.91. The third-order valence-corrected chi connectivity index (χ3v) is 6.33. The molecular formula is C27H28O6. The Bertz CT molecular complexity index is 1260. The highest BCUT2D eigenvalue weighted by molar-refractivity contribution is 5.45. The Labute approximate surface area is 192 Å². The molecule has 2 aromatic carbocycles. The lowest BCUT2D eigenvalue weighted by Crippen LogP contribution is -2.29. The van der Waals surface area contributed by atoms with Crippen LogP contribution in [0.1, 0.15) is 35.6 Å². The number of hydrogen-bond acceptors (Lipinski definition) is 6. The minimum Gasteiger partial charge on any atom is -0.504 e. The van der Waals surface area contributed by atoms with Crippen molar-refractivity contribution in [1.29, 1.82) is 0 Å². The molecular weight excluding hydrogens is 420 g/mol. The number of hydrogen-bond donors (Lipinski definition) is 2. The summed E-state index contributed by atoms with van der Waals surface area (Å²) in [6.45, 7) is 5.82. The average Bonchev–Trinajstić information content (AvgIpc) is 2.94. The van der Waals surface area contributed by atoms with Crippen molar-refractivity contribution in [2.75, 3.05) is 0 Å². The molecule has 6 heteroatoms. The molecule has 33 heavy (non-hydrogen) atoms. The van der Waals surface area contributed by atoms with Gasteiger partial charge in [0, 0.05) is 18.1 Å². The molecule has 172 valence electrons. The fourth-order valence-electron chi connectivity index (χ4n) is 4.40. The van der Waals surface area contributed by atoms with Crippen LogP contribution < -0.4 is 20.3 Å². The van der Waals surface area contributed by atoms with Gasteiger partial charge in [-0.05, 0) is 79.6 Å². The molecule has 3 atom stereocenters. The summed E-state index contributed by atoms with van der Waals surface area (Å²) in [6.07, 6.45) is 9.58. The number of rotatable bonds is 3. The molecule has 2 aliphatic heterocycles. The van der Waals surface area contributed by atoms with Gasteiger partial charge in [-0.1, -0.05) is 19.1 Å². The SMILES string of the molecule is Cc1cc(O)c(=O)cc2c1C[C@@H](C)[C@H](C=CC=C[C@H]1CCc3c(C)cc(O)c(=O)cc3O1)O2. The van der Waals surface area contributed by atoms with Crippen LogP contribution >= 0.6 is 0 Å². The normalized spacial score (nSPS) is 21.8. The molecule has 0 bridgehead atoms. The van der Waals surface area contributed by atoms with Crippen molar-refractivity contribution in [2.24, 2.45) is 5.92 Å². The van der Waals surface area contributed by atoms with E-state index >= 15 is 0 Å². The topological polar surface area (TPSA) is 93.1 Å². The van der Waals surface area contributed by atoms with Crippen LogP contribution in [0.25, 0.3) is 0 Å². The third-order valence-electron chi connectivity index (χ3n) is 6.33. The van der Waals surface area contributed by atoms with Crippen LogP contribution in [0.5, 0.6) is 23.0 Å². The molecule has 4 rings (SSSR count). The second-order valence-electron chi connectivity index (χ2n) is 8.86. The van der Waals surface area contributed by atoms with E-state index in [0.717, 1.165) is 41.5 Å². The first-order valence-electron chi connectivity index (χ1n) is 11.1. The van der Waals surface area contributed by atoms with E-state index in [1.54, 1.807) is 0 Å². The summed E-state index contributed by atoms with van der Waals surface area (Å²) in [5, 5.41) is 19.6. The molecule has 2 N–H and O–H groups in total. The summed E-state index contributed by atoms with van der Waals surface area (Å²) in [7, 11) is 0. The van der Waals surface area contributed by atoms with Crippen molar-refractivity contribution >= 4 is 0 Å². The summed E-state index contributed by atoms with van der Waals surface area (Å²) >= 11 is 0. The summed E-state index contributed by atoms with van der Waals surface area (Å²) in [5.74, 6) is 0.687. The Morgan fingerprint density at radius 3 is 2.09 bits per heavy atom. The average molecular weight is 449 g/mol. The van der Waals surface area contributed by atoms with Gasteiger partial charge in [0.25, 0.3) is 0 Å². The zero-order valence-electron chi connectivity index (χ0n) is 19.0. The molecule has 0 fully saturated rings. The largest absolute Gasteiger partial charge is 0.504 e. The fraction of sp³-hybridized carbons (Fsp3) is 0.333. The molecule has 0 saturated carbocycles. The number of aromatic hydroxyl groups is 2. The van der Waals surface area contributed by atoms with Crippen LogP contribution in [-0.4, -0.2) is 22.4 Å². The van der Waals surface area contributed by atoms with Gasteiger partial charge in [0.05, 0.1) is 0 Å². The predicted octanol–water partition coefficient (Wildman–Crippen LogP) is 3.88. The number of aryl methyl sites for hydroxylation is 2. The molecule has 0 radical (unpaired) electrons. The van der Waals surface area contributed by atoms with Gasteiger partial charge < -0.3 is 19.7 Å². The first-order chi connectivity index (χ1) is 15.7. The molecule has 0 aliphatic carbocycles. The van der Waals surface area contributed by atoms with E-state index in [0.29, 0.717) is 11.5 Å². The zero-order chi connectivity index (χ0) is 23.7. The highest BCUT2D eigenvalue weighted by Gasteiger charge is 2.26. The molecule has 2 aromatic rings. The van der Waals surface area contributed by atoms with Gasteiger partial charge >= 0.3 is 0 Å². The highest BCUT2D eigenvalue weighted by Crippen LogP contribution is 2.33. The Morgan fingerprint density at radius 2 is 1.42 bits per heavy atom. The van der Waals surface area contributed by atoms with Crippen molar-refractivity contribution in [3.8, 4) is 23.0 Å². The zero-order valence-corrected chi connectivity index (χ0v) is 19.0. The first kappa shape index (κ1) is 22.6. The molecule has 0 spiro atoms. The van der Waals surface area contributed by atoms with E-state index in [2.05, 4.69) is 6.92 Å². The summed E-state index contributed by atoms with van der Waals surface area (Å²) < 4.78 is 12.1. The first-order valence-corrected chi connectivity index (χ1v) is 11.1. The van der Waals surface area contributed by atoms with Crippen molar-refractivity contribution in [2.45, 2.75) is 52.2 Å². The summed E-state index contributed by atoms with van der Waals surface area (Å²) in [4.78, 5) is 24.0. The highest BCUT2D eigenvalue weighted by atomic mass is 16.5. The lowest BCUT2D eigenvalue weighted by Gasteiger charge is -2.29. The van der Waals surface area contributed by atoms with Crippen LogP contribution in [0, 0.1) is 19.8 Å². The van der Waals surface area contributed by atoms with Gasteiger partial charge in [-0.2, -0.15) is 0 Å². The quantitative estimate of drug-likeness (QED) is 0.693. The molecule has 2 heterocycles. The van der Waals surface area contributed by atoms with Crippen LogP contribution in [0.15, 0.2) is 58.2 Å². The molecule has 0 amide bonds. The van der Waals surface area contributed by atoms with Gasteiger partial charge in [-0.25, -0.2) is 0 Å². The van der Waals surface area contributed by atoms with E-state index in [9.17, 15) is 19.8 Å². The minimum atomic E-state index is -0.454. The smallest absolute Gasteiger partial charge is 0.223 e. The maximum atomic E-state index is 12.0. The maximum Gasteiger partial charge on any atom is 0.223 e. The molecule has 2 aliphatic rings. The van der Waals surface area contributed by atoms with Gasteiger partial charge in [-0.15, -0.1) is 0 Å². The standard InChI is InChI=1S/C27H28O6/c1-15-11-21(28)23(30)13-26-19(15)9-8-18(32-26)6-4-5-7-25-17(3)10-20-16(2)12-22(29)24(31)14-27(20)33-25/h4-7,11-14,17-18,25H,8-10H2,1-3H3,(H,28,30)(H,29,31)/t17-,18+,25+/m1/s1. The van der Waals surface area contributed by atoms with Gasteiger partial charge in [0.1, 0.15) is 23.7 Å². The lowest BCUT2D eigenvalue weighted by molar-refractivity contribution is 0.165. The third kappa shape index (κ3) is 4.80. The van der Waals surface area contributed by atoms with Gasteiger partial charge in [0.2, 0.25) is 10.9 Å². The van der Waals surface area contributed by atoms with Crippen LogP contribution in [0.4, 0.5) is 0 Å². The Hall–Kier alpha value is -3.54. The van der Waals surface area contributed by atoms with Crippen molar-refractivity contribution in [1.82, 2.24) is 0 Å². The van der Waals surface area contributed by atoms with E-state index in [-0.39, 0.29) is 29.6 Å². The van der Waals surface area contributed by atoms with E-state index in [1.165, 1.54) is 24.3 Å². The van der Waals surface area contributed by atoms with Gasteiger partial charge in [-0.3, -0.25) is 9.59 Å². The van der Waals surface area contributed by atoms with Crippen molar-refractivity contribution < 1.29 is 19.7 Å². The molecule has 0 saturated heterocycles. The van der Waals surface area contributed by atoms with Gasteiger partial charge in [0.15, 0.2) is 11.5 Å². The second-order valence-corrected chi connectivity index (χ2v) is 8.86. The molecule has 0 unspecified atom stereocenters. The van der Waals surface area contributed by atoms with Crippen LogP contribution in [-0.2, 0) is 12.8 Å². The monoisotopic (exact) mass is 448 g/mol. The summed E-state index contributed by atoms with van der Waals surface area (Å²) in [6, 6.07) is 5.70. The Balaban J connectivity index is 1.47. The predicted molar refractivity (Wildman–Crippen MR) is 127 cm³/mol. The summed E-state index contributed by atoms with van der Waals surface area (Å²) in [5.41, 5.74) is 2.67. The number of ether oxygens (including phenoxy) is 2. The van der Waals surface area contributed by atoms with E-state index in [4.69, 9.17) is 9.47 Å².